The highest BCUT2D eigenvalue weighted by molar-refractivity contribution is 7.88. The number of hydrogen-bond donors (Lipinski definition) is 0. The van der Waals surface area contributed by atoms with Crippen molar-refractivity contribution in [3.05, 3.63) is 47.2 Å². The number of aromatic nitrogens is 2. The van der Waals surface area contributed by atoms with Crippen molar-refractivity contribution in [2.75, 3.05) is 24.8 Å². The molecular formula is C21H23ClN4O4S2. The van der Waals surface area contributed by atoms with Gasteiger partial charge in [0.2, 0.25) is 15.9 Å². The first-order valence-electron chi connectivity index (χ1n) is 10.1. The number of anilines is 1. The van der Waals surface area contributed by atoms with Crippen molar-refractivity contribution >= 4 is 54.2 Å². The molecule has 4 rings (SSSR count). The fraction of sp³-hybridized carbons (Fsp3) is 0.381. The maximum Gasteiger partial charge on any atom is 0.247 e. The van der Waals surface area contributed by atoms with Crippen LogP contribution in [0.1, 0.15) is 25.0 Å². The number of sulfonamides is 1. The van der Waals surface area contributed by atoms with Crippen LogP contribution in [0.4, 0.5) is 5.13 Å². The van der Waals surface area contributed by atoms with Crippen LogP contribution in [0, 0.1) is 0 Å². The Labute approximate surface area is 195 Å². The van der Waals surface area contributed by atoms with Gasteiger partial charge in [0, 0.05) is 12.7 Å². The van der Waals surface area contributed by atoms with Crippen LogP contribution in [-0.4, -0.2) is 54.6 Å². The third kappa shape index (κ3) is 4.59. The van der Waals surface area contributed by atoms with E-state index in [0.717, 1.165) is 19.1 Å². The molecule has 1 fully saturated rings. The van der Waals surface area contributed by atoms with Crippen LogP contribution >= 0.6 is 22.9 Å². The molecule has 1 amide bonds. The summed E-state index contributed by atoms with van der Waals surface area (Å²) in [6.45, 7) is 0.486. The van der Waals surface area contributed by atoms with Gasteiger partial charge in [0.15, 0.2) is 5.13 Å². The number of amides is 1. The summed E-state index contributed by atoms with van der Waals surface area (Å²) >= 11 is 7.66. The predicted octanol–water partition coefficient (Wildman–Crippen LogP) is 3.70. The number of ether oxygens (including phenoxy) is 1. The van der Waals surface area contributed by atoms with Crippen molar-refractivity contribution in [1.82, 2.24) is 14.3 Å². The maximum atomic E-state index is 13.8. The highest BCUT2D eigenvalue weighted by Gasteiger charge is 2.38. The minimum Gasteiger partial charge on any atom is -0.494 e. The van der Waals surface area contributed by atoms with E-state index in [4.69, 9.17) is 16.3 Å². The Kier molecular flexibility index (Phi) is 6.66. The maximum absolute atomic E-state index is 13.8. The monoisotopic (exact) mass is 494 g/mol. The largest absolute Gasteiger partial charge is 0.494 e. The first-order valence-corrected chi connectivity index (χ1v) is 13.1. The van der Waals surface area contributed by atoms with E-state index < -0.39 is 16.1 Å². The number of methoxy groups -OCH3 is 1. The molecule has 8 nitrogen and oxygen atoms in total. The first kappa shape index (κ1) is 22.9. The Balaban J connectivity index is 1.80. The number of benzene rings is 1. The van der Waals surface area contributed by atoms with Crippen molar-refractivity contribution in [1.29, 1.82) is 0 Å². The molecule has 170 valence electrons. The van der Waals surface area contributed by atoms with Crippen molar-refractivity contribution in [3.63, 3.8) is 0 Å². The Bertz CT molecular complexity index is 1230. The Hall–Kier alpha value is -2.27. The van der Waals surface area contributed by atoms with Gasteiger partial charge in [-0.2, -0.15) is 4.31 Å². The second kappa shape index (κ2) is 9.30. The smallest absolute Gasteiger partial charge is 0.247 e. The summed E-state index contributed by atoms with van der Waals surface area (Å²) in [6, 6.07) is 8.12. The van der Waals surface area contributed by atoms with Crippen LogP contribution in [0.15, 0.2) is 36.5 Å². The molecule has 0 N–H and O–H groups in total. The zero-order valence-corrected chi connectivity index (χ0v) is 20.1. The summed E-state index contributed by atoms with van der Waals surface area (Å²) in [4.78, 5) is 24.3. The van der Waals surface area contributed by atoms with Gasteiger partial charge in [0.25, 0.3) is 0 Å². The molecular weight excluding hydrogens is 472 g/mol. The molecule has 1 aromatic carbocycles. The zero-order chi connectivity index (χ0) is 22.9. The molecule has 32 heavy (non-hydrogen) atoms. The summed E-state index contributed by atoms with van der Waals surface area (Å²) in [5.74, 6) is 0.225. The number of fused-ring (bicyclic) bond motifs is 1. The molecule has 2 aromatic heterocycles. The van der Waals surface area contributed by atoms with Crippen molar-refractivity contribution < 1.29 is 17.9 Å². The molecule has 0 aliphatic carbocycles. The minimum atomic E-state index is -3.54. The van der Waals surface area contributed by atoms with E-state index in [-0.39, 0.29) is 12.5 Å². The van der Waals surface area contributed by atoms with E-state index in [0.29, 0.717) is 44.8 Å². The predicted molar refractivity (Wildman–Crippen MR) is 126 cm³/mol. The van der Waals surface area contributed by atoms with Gasteiger partial charge in [-0.05, 0) is 37.1 Å². The highest BCUT2D eigenvalue weighted by atomic mass is 35.5. The topological polar surface area (TPSA) is 92.7 Å². The average molecular weight is 495 g/mol. The average Bonchev–Trinajstić information content (AvgIpc) is 3.23. The number of rotatable bonds is 6. The first-order chi connectivity index (χ1) is 15.3. The lowest BCUT2D eigenvalue weighted by atomic mass is 10.0. The summed E-state index contributed by atoms with van der Waals surface area (Å²) in [7, 11) is -1.99. The molecule has 1 atom stereocenters. The second-order valence-electron chi connectivity index (χ2n) is 7.55. The quantitative estimate of drug-likeness (QED) is 0.518. The molecule has 1 aliphatic rings. The van der Waals surface area contributed by atoms with Gasteiger partial charge in [-0.3, -0.25) is 14.7 Å². The van der Waals surface area contributed by atoms with Crippen LogP contribution in [0.2, 0.25) is 5.02 Å². The van der Waals surface area contributed by atoms with Crippen LogP contribution in [-0.2, 0) is 21.4 Å². The second-order valence-corrected chi connectivity index (χ2v) is 10.9. The van der Waals surface area contributed by atoms with Gasteiger partial charge in [-0.1, -0.05) is 35.4 Å². The third-order valence-electron chi connectivity index (χ3n) is 5.38. The Morgan fingerprint density at radius 1 is 1.31 bits per heavy atom. The standard InChI is InChI=1S/C21H23ClN4O4S2/c1-30-17-10-9-15(22)19-18(17)24-21(31-19)25(13-14-7-3-5-11-23-14)20(27)16-8-4-6-12-26(16)32(2,28)29/h3,5,7,9-11,16H,4,6,8,12-13H2,1-2H3. The van der Waals surface area contributed by atoms with E-state index >= 15 is 0 Å². The highest BCUT2D eigenvalue weighted by Crippen LogP contribution is 2.39. The molecule has 1 unspecified atom stereocenters. The van der Waals surface area contributed by atoms with Gasteiger partial charge in [-0.15, -0.1) is 0 Å². The summed E-state index contributed by atoms with van der Waals surface area (Å²) in [6.07, 6.45) is 4.76. The number of thiazole rings is 1. The van der Waals surface area contributed by atoms with Gasteiger partial charge >= 0.3 is 0 Å². The van der Waals surface area contributed by atoms with Gasteiger partial charge in [0.05, 0.1) is 35.3 Å². The molecule has 11 heteroatoms. The number of pyridine rings is 1. The molecule has 0 bridgehead atoms. The van der Waals surface area contributed by atoms with E-state index in [9.17, 15) is 13.2 Å². The fourth-order valence-electron chi connectivity index (χ4n) is 3.84. The van der Waals surface area contributed by atoms with E-state index in [2.05, 4.69) is 9.97 Å². The van der Waals surface area contributed by atoms with Crippen molar-refractivity contribution in [2.45, 2.75) is 31.8 Å². The zero-order valence-electron chi connectivity index (χ0n) is 17.7. The van der Waals surface area contributed by atoms with Crippen molar-refractivity contribution in [2.24, 2.45) is 0 Å². The Morgan fingerprint density at radius 2 is 2.12 bits per heavy atom. The van der Waals surface area contributed by atoms with Gasteiger partial charge in [-0.25, -0.2) is 13.4 Å². The normalized spacial score (nSPS) is 17.4. The molecule has 3 aromatic rings. The van der Waals surface area contributed by atoms with E-state index in [1.165, 1.54) is 20.5 Å². The molecule has 1 aliphatic heterocycles. The van der Waals surface area contributed by atoms with Crippen molar-refractivity contribution in [3.8, 4) is 5.75 Å². The summed E-state index contributed by atoms with van der Waals surface area (Å²) in [5.41, 5.74) is 1.22. The molecule has 0 radical (unpaired) electrons. The summed E-state index contributed by atoms with van der Waals surface area (Å²) in [5, 5.41) is 0.922. The number of halogens is 1. The lowest BCUT2D eigenvalue weighted by Crippen LogP contribution is -2.52. The molecule has 0 spiro atoms. The van der Waals surface area contributed by atoms with Crippen LogP contribution < -0.4 is 9.64 Å². The minimum absolute atomic E-state index is 0.160. The van der Waals surface area contributed by atoms with Gasteiger partial charge < -0.3 is 4.74 Å². The SMILES string of the molecule is COc1ccc(Cl)c2sc(N(Cc3ccccn3)C(=O)C3CCCCN3S(C)(=O)=O)nc12. The summed E-state index contributed by atoms with van der Waals surface area (Å²) < 4.78 is 32.2. The van der Waals surface area contributed by atoms with Gasteiger partial charge in [0.1, 0.15) is 17.3 Å². The van der Waals surface area contributed by atoms with Crippen LogP contribution in [0.25, 0.3) is 10.2 Å². The number of hydrogen-bond acceptors (Lipinski definition) is 7. The molecule has 1 saturated heterocycles. The van der Waals surface area contributed by atoms with E-state index in [1.54, 1.807) is 31.5 Å². The number of carbonyl (C=O) groups excluding carboxylic acids is 1. The van der Waals surface area contributed by atoms with Crippen LogP contribution in [0.5, 0.6) is 5.75 Å². The fourth-order valence-corrected chi connectivity index (χ4v) is 6.22. The van der Waals surface area contributed by atoms with Crippen LogP contribution in [0.3, 0.4) is 0 Å². The number of nitrogens with zero attached hydrogens (tertiary/aromatic N) is 4. The lowest BCUT2D eigenvalue weighted by molar-refractivity contribution is -0.123. The molecule has 0 saturated carbocycles. The van der Waals surface area contributed by atoms with E-state index in [1.807, 2.05) is 12.1 Å². The Morgan fingerprint density at radius 3 is 2.81 bits per heavy atom. The number of piperidine rings is 1. The lowest BCUT2D eigenvalue weighted by Gasteiger charge is -2.35. The number of carbonyl (C=O) groups is 1. The third-order valence-corrected chi connectivity index (χ3v) is 8.20. The molecule has 3 heterocycles.